The van der Waals surface area contributed by atoms with E-state index in [0.717, 1.165) is 0 Å². The fourth-order valence-electron chi connectivity index (χ4n) is 2.06. The van der Waals surface area contributed by atoms with Gasteiger partial charge in [0.2, 0.25) is 0 Å². The summed E-state index contributed by atoms with van der Waals surface area (Å²) in [5.41, 5.74) is 1.27. The number of methoxy groups -OCH3 is 1. The number of aromatic hydroxyl groups is 2. The molecule has 0 radical (unpaired) electrons. The second kappa shape index (κ2) is 7.47. The first-order chi connectivity index (χ1) is 11.0. The van der Waals surface area contributed by atoms with Crippen molar-refractivity contribution in [3.63, 3.8) is 0 Å². The molecule has 0 fully saturated rings. The minimum absolute atomic E-state index is 0.0266. The largest absolute Gasteiger partial charge is 0.508 e. The third kappa shape index (κ3) is 4.59. The van der Waals surface area contributed by atoms with Gasteiger partial charge in [-0.25, -0.2) is 0 Å². The maximum Gasteiger partial charge on any atom is 0.161 e. The number of phenols is 2. The second-order valence-electron chi connectivity index (χ2n) is 5.04. The van der Waals surface area contributed by atoms with Gasteiger partial charge in [0, 0.05) is 6.42 Å². The van der Waals surface area contributed by atoms with Gasteiger partial charge in [0.25, 0.3) is 0 Å². The maximum absolute atomic E-state index is 11.9. The zero-order valence-electron chi connectivity index (χ0n) is 12.6. The van der Waals surface area contributed by atoms with E-state index < -0.39 is 6.10 Å². The number of hydrogen-bond donors (Lipinski definition) is 3. The van der Waals surface area contributed by atoms with Crippen molar-refractivity contribution in [2.75, 3.05) is 7.11 Å². The van der Waals surface area contributed by atoms with Crippen molar-refractivity contribution in [2.45, 2.75) is 12.5 Å². The summed E-state index contributed by atoms with van der Waals surface area (Å²) < 4.78 is 5.00. The SMILES string of the molecule is COc1cc(/C=C/C(=O)CC(O)c2ccc(O)cc2)ccc1O. The Morgan fingerprint density at radius 2 is 1.87 bits per heavy atom. The van der Waals surface area contributed by atoms with Crippen molar-refractivity contribution in [1.29, 1.82) is 0 Å². The number of ketones is 1. The van der Waals surface area contributed by atoms with Crippen LogP contribution >= 0.6 is 0 Å². The van der Waals surface area contributed by atoms with Gasteiger partial charge in [-0.15, -0.1) is 0 Å². The summed E-state index contributed by atoms with van der Waals surface area (Å²) in [4.78, 5) is 11.9. The Kier molecular flexibility index (Phi) is 5.38. The highest BCUT2D eigenvalue weighted by Gasteiger charge is 2.11. The first-order valence-corrected chi connectivity index (χ1v) is 7.04. The van der Waals surface area contributed by atoms with E-state index in [1.807, 2.05) is 0 Å². The van der Waals surface area contributed by atoms with Crippen LogP contribution in [0.1, 0.15) is 23.7 Å². The van der Waals surface area contributed by atoms with Crippen LogP contribution in [0.2, 0.25) is 0 Å². The van der Waals surface area contributed by atoms with Gasteiger partial charge in [0.15, 0.2) is 17.3 Å². The molecule has 0 aliphatic carbocycles. The summed E-state index contributed by atoms with van der Waals surface area (Å²) in [6, 6.07) is 10.8. The molecule has 2 rings (SSSR count). The van der Waals surface area contributed by atoms with Crippen LogP contribution < -0.4 is 4.74 Å². The molecule has 0 heterocycles. The number of ether oxygens (including phenoxy) is 1. The number of rotatable bonds is 6. The Morgan fingerprint density at radius 3 is 2.52 bits per heavy atom. The Hall–Kier alpha value is -2.79. The van der Waals surface area contributed by atoms with E-state index in [1.165, 1.54) is 31.4 Å². The Bertz CT molecular complexity index is 704. The van der Waals surface area contributed by atoms with Crippen LogP contribution in [-0.4, -0.2) is 28.2 Å². The lowest BCUT2D eigenvalue weighted by molar-refractivity contribution is -0.116. The molecule has 0 bridgehead atoms. The summed E-state index contributed by atoms with van der Waals surface area (Å²) >= 11 is 0. The van der Waals surface area contributed by atoms with Crippen LogP contribution in [0, 0.1) is 0 Å². The average molecular weight is 314 g/mol. The van der Waals surface area contributed by atoms with Crippen molar-refractivity contribution in [3.8, 4) is 17.2 Å². The summed E-state index contributed by atoms with van der Waals surface area (Å²) in [6.45, 7) is 0. The number of aliphatic hydroxyl groups excluding tert-OH is 1. The third-order valence-electron chi connectivity index (χ3n) is 3.34. The van der Waals surface area contributed by atoms with Gasteiger partial charge in [0.1, 0.15) is 5.75 Å². The zero-order chi connectivity index (χ0) is 16.8. The van der Waals surface area contributed by atoms with Crippen molar-refractivity contribution in [1.82, 2.24) is 0 Å². The number of hydrogen-bond acceptors (Lipinski definition) is 5. The van der Waals surface area contributed by atoms with Gasteiger partial charge in [-0.2, -0.15) is 0 Å². The van der Waals surface area contributed by atoms with Crippen molar-refractivity contribution in [3.05, 3.63) is 59.7 Å². The standard InChI is InChI=1S/C18H18O5/c1-23-18-10-12(3-9-16(18)21)2-6-15(20)11-17(22)13-4-7-14(19)8-5-13/h2-10,17,19,21-22H,11H2,1H3/b6-2+. The van der Waals surface area contributed by atoms with Crippen LogP contribution in [0.5, 0.6) is 17.2 Å². The first-order valence-electron chi connectivity index (χ1n) is 7.04. The molecule has 5 heteroatoms. The first kappa shape index (κ1) is 16.6. The number of phenolic OH excluding ortho intramolecular Hbond substituents is 2. The number of carbonyl (C=O) groups excluding carboxylic acids is 1. The molecule has 0 aliphatic rings. The Morgan fingerprint density at radius 1 is 1.17 bits per heavy atom. The molecule has 2 aromatic carbocycles. The normalized spacial score (nSPS) is 12.3. The molecule has 0 amide bonds. The van der Waals surface area contributed by atoms with E-state index in [1.54, 1.807) is 30.3 Å². The lowest BCUT2D eigenvalue weighted by Gasteiger charge is -2.08. The molecule has 1 atom stereocenters. The van der Waals surface area contributed by atoms with Crippen LogP contribution in [0.25, 0.3) is 6.08 Å². The monoisotopic (exact) mass is 314 g/mol. The smallest absolute Gasteiger partial charge is 0.161 e. The van der Waals surface area contributed by atoms with Gasteiger partial charge in [-0.3, -0.25) is 4.79 Å². The van der Waals surface area contributed by atoms with Crippen LogP contribution in [0.3, 0.4) is 0 Å². The van der Waals surface area contributed by atoms with Crippen molar-refractivity contribution >= 4 is 11.9 Å². The molecule has 0 aromatic heterocycles. The molecular weight excluding hydrogens is 296 g/mol. The molecule has 3 N–H and O–H groups in total. The minimum atomic E-state index is -0.929. The fraction of sp³-hybridized carbons (Fsp3) is 0.167. The molecule has 1 unspecified atom stereocenters. The lowest BCUT2D eigenvalue weighted by Crippen LogP contribution is -2.04. The van der Waals surface area contributed by atoms with E-state index in [9.17, 15) is 20.1 Å². The predicted molar refractivity (Wildman–Crippen MR) is 86.4 cm³/mol. The van der Waals surface area contributed by atoms with Gasteiger partial charge in [0.05, 0.1) is 13.2 Å². The molecule has 0 aliphatic heterocycles. The minimum Gasteiger partial charge on any atom is -0.508 e. The molecule has 0 saturated carbocycles. The molecular formula is C18H18O5. The highest BCUT2D eigenvalue weighted by Crippen LogP contribution is 2.27. The Labute approximate surface area is 134 Å². The molecule has 23 heavy (non-hydrogen) atoms. The predicted octanol–water partition coefficient (Wildman–Crippen LogP) is 2.81. The average Bonchev–Trinajstić information content (AvgIpc) is 2.54. The number of allylic oxidation sites excluding steroid dienone is 1. The van der Waals surface area contributed by atoms with E-state index in [0.29, 0.717) is 16.9 Å². The molecule has 0 saturated heterocycles. The van der Waals surface area contributed by atoms with Gasteiger partial charge in [-0.05, 0) is 41.5 Å². The Balaban J connectivity index is 2.00. The highest BCUT2D eigenvalue weighted by molar-refractivity contribution is 5.94. The number of carbonyl (C=O) groups is 1. The molecule has 120 valence electrons. The van der Waals surface area contributed by atoms with Crippen molar-refractivity contribution in [2.24, 2.45) is 0 Å². The lowest BCUT2D eigenvalue weighted by atomic mass is 10.0. The third-order valence-corrected chi connectivity index (χ3v) is 3.34. The van der Waals surface area contributed by atoms with E-state index in [4.69, 9.17) is 4.74 Å². The van der Waals surface area contributed by atoms with Gasteiger partial charge in [-0.1, -0.05) is 24.3 Å². The fourth-order valence-corrected chi connectivity index (χ4v) is 2.06. The highest BCUT2D eigenvalue weighted by atomic mass is 16.5. The van der Waals surface area contributed by atoms with Crippen LogP contribution in [-0.2, 0) is 4.79 Å². The van der Waals surface area contributed by atoms with Crippen molar-refractivity contribution < 1.29 is 24.9 Å². The molecule has 2 aromatic rings. The van der Waals surface area contributed by atoms with Crippen LogP contribution in [0.4, 0.5) is 0 Å². The van der Waals surface area contributed by atoms with Gasteiger partial charge < -0.3 is 20.1 Å². The number of aliphatic hydroxyl groups is 1. The zero-order valence-corrected chi connectivity index (χ0v) is 12.6. The maximum atomic E-state index is 11.9. The molecule has 0 spiro atoms. The van der Waals surface area contributed by atoms with E-state index in [2.05, 4.69) is 0 Å². The summed E-state index contributed by atoms with van der Waals surface area (Å²) in [5.74, 6) is 0.216. The summed E-state index contributed by atoms with van der Waals surface area (Å²) in [5, 5.41) is 28.7. The molecule has 5 nitrogen and oxygen atoms in total. The quantitative estimate of drug-likeness (QED) is 0.714. The van der Waals surface area contributed by atoms with Crippen LogP contribution in [0.15, 0.2) is 48.5 Å². The van der Waals surface area contributed by atoms with E-state index >= 15 is 0 Å². The number of benzene rings is 2. The summed E-state index contributed by atoms with van der Waals surface area (Å²) in [7, 11) is 1.45. The summed E-state index contributed by atoms with van der Waals surface area (Å²) in [6.07, 6.45) is 1.97. The van der Waals surface area contributed by atoms with E-state index in [-0.39, 0.29) is 23.7 Å². The second-order valence-corrected chi connectivity index (χ2v) is 5.04. The topological polar surface area (TPSA) is 87.0 Å². The van der Waals surface area contributed by atoms with Gasteiger partial charge >= 0.3 is 0 Å².